The minimum absolute atomic E-state index is 0.751. The topological polar surface area (TPSA) is 27.7 Å². The van der Waals surface area contributed by atoms with E-state index in [1.54, 1.807) is 32.8 Å². The number of hydrogen-bond acceptors (Lipinski definition) is 3. The SMILES string of the molecule is CC[Si](CC)(CC)OC(/C=C/OC)=C/OC. The molecule has 0 radical (unpaired) electrons. The molecule has 0 unspecified atom stereocenters. The Morgan fingerprint density at radius 2 is 1.56 bits per heavy atom. The second-order valence-electron chi connectivity index (χ2n) is 3.64. The molecule has 0 aliphatic heterocycles. The summed E-state index contributed by atoms with van der Waals surface area (Å²) in [7, 11) is 1.62. The molecule has 0 spiro atoms. The van der Waals surface area contributed by atoms with Crippen LogP contribution in [0.25, 0.3) is 0 Å². The number of ether oxygens (including phenoxy) is 2. The average molecular weight is 244 g/mol. The third kappa shape index (κ3) is 4.75. The van der Waals surface area contributed by atoms with Crippen LogP contribution in [0.4, 0.5) is 0 Å². The van der Waals surface area contributed by atoms with Crippen LogP contribution in [0.15, 0.2) is 24.4 Å². The Kier molecular flexibility index (Phi) is 7.81. The fraction of sp³-hybridized carbons (Fsp3) is 0.667. The molecule has 0 aromatic rings. The monoisotopic (exact) mass is 244 g/mol. The van der Waals surface area contributed by atoms with Crippen molar-refractivity contribution in [1.29, 1.82) is 0 Å². The molecule has 0 aliphatic rings. The van der Waals surface area contributed by atoms with E-state index in [0.29, 0.717) is 0 Å². The van der Waals surface area contributed by atoms with E-state index in [9.17, 15) is 0 Å². The maximum absolute atomic E-state index is 6.14. The summed E-state index contributed by atoms with van der Waals surface area (Å²) in [6.45, 7) is 6.59. The molecule has 4 heteroatoms. The van der Waals surface area contributed by atoms with Crippen molar-refractivity contribution in [2.24, 2.45) is 0 Å². The van der Waals surface area contributed by atoms with E-state index >= 15 is 0 Å². The Labute approximate surface area is 100 Å². The minimum atomic E-state index is -1.62. The highest BCUT2D eigenvalue weighted by Crippen LogP contribution is 2.25. The van der Waals surface area contributed by atoms with Crippen molar-refractivity contribution in [1.82, 2.24) is 0 Å². The van der Waals surface area contributed by atoms with E-state index in [2.05, 4.69) is 20.8 Å². The van der Waals surface area contributed by atoms with Crippen molar-refractivity contribution in [3.63, 3.8) is 0 Å². The third-order valence-corrected chi connectivity index (χ3v) is 7.40. The number of rotatable bonds is 8. The summed E-state index contributed by atoms with van der Waals surface area (Å²) in [5.41, 5.74) is 0. The van der Waals surface area contributed by atoms with E-state index in [4.69, 9.17) is 13.9 Å². The summed E-state index contributed by atoms with van der Waals surface area (Å²) in [6.07, 6.45) is 5.02. The summed E-state index contributed by atoms with van der Waals surface area (Å²) in [4.78, 5) is 0. The van der Waals surface area contributed by atoms with Crippen molar-refractivity contribution in [3.8, 4) is 0 Å². The van der Waals surface area contributed by atoms with E-state index in [1.165, 1.54) is 0 Å². The highest BCUT2D eigenvalue weighted by atomic mass is 28.4. The summed E-state index contributed by atoms with van der Waals surface area (Å²) in [6, 6.07) is 3.34. The average Bonchev–Trinajstić information content (AvgIpc) is 2.33. The molecule has 0 heterocycles. The van der Waals surface area contributed by atoms with Gasteiger partial charge in [0.05, 0.1) is 20.5 Å². The summed E-state index contributed by atoms with van der Waals surface area (Å²) < 4.78 is 16.0. The molecule has 0 rings (SSSR count). The normalized spacial score (nSPS) is 12.9. The zero-order chi connectivity index (χ0) is 12.4. The highest BCUT2D eigenvalue weighted by molar-refractivity contribution is 6.73. The molecule has 0 aromatic carbocycles. The van der Waals surface area contributed by atoms with Crippen LogP contribution in [0.3, 0.4) is 0 Å². The molecule has 0 aliphatic carbocycles. The van der Waals surface area contributed by atoms with E-state index in [1.807, 2.05) is 0 Å². The lowest BCUT2D eigenvalue weighted by Crippen LogP contribution is -2.35. The van der Waals surface area contributed by atoms with Crippen molar-refractivity contribution >= 4 is 8.32 Å². The van der Waals surface area contributed by atoms with Crippen LogP contribution in [0.5, 0.6) is 0 Å². The van der Waals surface area contributed by atoms with Crippen molar-refractivity contribution < 1.29 is 13.9 Å². The fourth-order valence-electron chi connectivity index (χ4n) is 1.57. The Bertz CT molecular complexity index is 224. The first-order valence-electron chi connectivity index (χ1n) is 5.79. The Hall–Kier alpha value is -0.903. The smallest absolute Gasteiger partial charge is 0.250 e. The number of allylic oxidation sites excluding steroid dienone is 1. The van der Waals surface area contributed by atoms with Crippen LogP contribution in [-0.2, 0) is 13.9 Å². The van der Waals surface area contributed by atoms with Crippen LogP contribution in [-0.4, -0.2) is 22.5 Å². The Morgan fingerprint density at radius 3 is 1.94 bits per heavy atom. The molecule has 0 saturated heterocycles. The molecular weight excluding hydrogens is 220 g/mol. The van der Waals surface area contributed by atoms with Gasteiger partial charge in [0.25, 0.3) is 8.32 Å². The molecule has 0 amide bonds. The first-order valence-corrected chi connectivity index (χ1v) is 8.32. The van der Waals surface area contributed by atoms with Crippen molar-refractivity contribution in [2.75, 3.05) is 14.2 Å². The van der Waals surface area contributed by atoms with Gasteiger partial charge in [0.1, 0.15) is 12.0 Å². The third-order valence-electron chi connectivity index (χ3n) is 2.87. The van der Waals surface area contributed by atoms with Gasteiger partial charge in [-0.25, -0.2) is 0 Å². The molecule has 0 fully saturated rings. The maximum atomic E-state index is 6.14. The van der Waals surface area contributed by atoms with Crippen molar-refractivity contribution in [3.05, 3.63) is 24.4 Å². The zero-order valence-electron chi connectivity index (χ0n) is 11.1. The summed E-state index contributed by atoms with van der Waals surface area (Å²) in [5.74, 6) is 0.751. The highest BCUT2D eigenvalue weighted by Gasteiger charge is 2.31. The summed E-state index contributed by atoms with van der Waals surface area (Å²) >= 11 is 0. The van der Waals surface area contributed by atoms with Gasteiger partial charge >= 0.3 is 0 Å². The predicted molar refractivity (Wildman–Crippen MR) is 69.5 cm³/mol. The lowest BCUT2D eigenvalue weighted by Gasteiger charge is -2.29. The molecule has 94 valence electrons. The lowest BCUT2D eigenvalue weighted by atomic mass is 10.5. The largest absolute Gasteiger partial charge is 0.541 e. The van der Waals surface area contributed by atoms with Gasteiger partial charge in [-0.3, -0.25) is 0 Å². The molecule has 0 saturated carbocycles. The van der Waals surface area contributed by atoms with Gasteiger partial charge < -0.3 is 13.9 Å². The van der Waals surface area contributed by atoms with E-state index in [0.717, 1.165) is 23.9 Å². The van der Waals surface area contributed by atoms with Crippen LogP contribution >= 0.6 is 0 Å². The molecule has 0 N–H and O–H groups in total. The van der Waals surface area contributed by atoms with Gasteiger partial charge in [0.15, 0.2) is 0 Å². The van der Waals surface area contributed by atoms with Gasteiger partial charge in [0, 0.05) is 6.08 Å². The zero-order valence-corrected chi connectivity index (χ0v) is 12.1. The molecule has 16 heavy (non-hydrogen) atoms. The predicted octanol–water partition coefficient (Wildman–Crippen LogP) is 3.66. The van der Waals surface area contributed by atoms with E-state index < -0.39 is 8.32 Å². The first kappa shape index (κ1) is 15.1. The minimum Gasteiger partial charge on any atom is -0.541 e. The van der Waals surface area contributed by atoms with Gasteiger partial charge in [-0.1, -0.05) is 20.8 Å². The summed E-state index contributed by atoms with van der Waals surface area (Å²) in [5, 5.41) is 0. The number of methoxy groups -OCH3 is 2. The molecule has 0 aromatic heterocycles. The quantitative estimate of drug-likeness (QED) is 0.370. The van der Waals surface area contributed by atoms with Crippen LogP contribution in [0, 0.1) is 0 Å². The molecule has 0 atom stereocenters. The maximum Gasteiger partial charge on any atom is 0.250 e. The van der Waals surface area contributed by atoms with Crippen LogP contribution < -0.4 is 0 Å². The molecule has 3 nitrogen and oxygen atoms in total. The second-order valence-corrected chi connectivity index (χ2v) is 8.33. The van der Waals surface area contributed by atoms with E-state index in [-0.39, 0.29) is 0 Å². The van der Waals surface area contributed by atoms with Gasteiger partial charge in [-0.15, -0.1) is 0 Å². The Morgan fingerprint density at radius 1 is 1.00 bits per heavy atom. The standard InChI is InChI=1S/C12H24O3Si/c1-6-16(7-2,8-3)15-12(11-14-5)9-10-13-4/h9-11H,6-8H2,1-5H3/b10-9+,12-11+. The van der Waals surface area contributed by atoms with Gasteiger partial charge in [-0.2, -0.15) is 0 Å². The van der Waals surface area contributed by atoms with Gasteiger partial charge in [-0.05, 0) is 18.1 Å². The van der Waals surface area contributed by atoms with Crippen molar-refractivity contribution in [2.45, 2.75) is 38.9 Å². The molecular formula is C12H24O3Si. The first-order chi connectivity index (χ1) is 7.67. The lowest BCUT2D eigenvalue weighted by molar-refractivity contribution is 0.301. The second kappa shape index (κ2) is 8.27. The number of hydrogen-bond donors (Lipinski definition) is 0. The van der Waals surface area contributed by atoms with Gasteiger partial charge in [0.2, 0.25) is 0 Å². The Balaban J connectivity index is 4.71. The molecule has 0 bridgehead atoms. The fourth-order valence-corrected chi connectivity index (χ4v) is 4.11. The van der Waals surface area contributed by atoms with Crippen LogP contribution in [0.2, 0.25) is 18.1 Å². The van der Waals surface area contributed by atoms with Crippen LogP contribution in [0.1, 0.15) is 20.8 Å².